The number of aromatic nitrogens is 2. The number of rotatable bonds is 7. The molecule has 1 aliphatic heterocycles. The van der Waals surface area contributed by atoms with E-state index < -0.39 is 11.0 Å². The molecule has 0 spiro atoms. The largest absolute Gasteiger partial charge is 0.337 e. The maximum Gasteiger partial charge on any atom is 0.0949 e. The van der Waals surface area contributed by atoms with Gasteiger partial charge < -0.3 is 9.47 Å². The summed E-state index contributed by atoms with van der Waals surface area (Å²) in [5.41, 5.74) is 1.11. The Labute approximate surface area is 136 Å². The van der Waals surface area contributed by atoms with E-state index in [0.29, 0.717) is 11.8 Å². The van der Waals surface area contributed by atoms with Crippen LogP contribution in [-0.2, 0) is 17.5 Å². The van der Waals surface area contributed by atoms with Crippen LogP contribution in [0.2, 0.25) is 0 Å². The predicted octanol–water partition coefficient (Wildman–Crippen LogP) is 1.98. The minimum atomic E-state index is -1.26. The van der Waals surface area contributed by atoms with Crippen LogP contribution in [0.5, 0.6) is 0 Å². The number of nitrogens with two attached hydrogens (primary N) is 1. The highest BCUT2D eigenvalue weighted by Crippen LogP contribution is 2.29. The number of hydrogen-bond acceptors (Lipinski definition) is 3. The summed E-state index contributed by atoms with van der Waals surface area (Å²) in [6.07, 6.45) is 6.22. The van der Waals surface area contributed by atoms with Crippen molar-refractivity contribution in [3.8, 4) is 0 Å². The molecule has 0 saturated carbocycles. The lowest BCUT2D eigenvalue weighted by Gasteiger charge is -2.21. The highest BCUT2D eigenvalue weighted by Gasteiger charge is 2.24. The van der Waals surface area contributed by atoms with Crippen molar-refractivity contribution in [2.45, 2.75) is 51.3 Å². The zero-order valence-electron chi connectivity index (χ0n) is 14.2. The highest BCUT2D eigenvalue weighted by molar-refractivity contribution is 7.83. The lowest BCUT2D eigenvalue weighted by atomic mass is 9.89. The van der Waals surface area contributed by atoms with Crippen molar-refractivity contribution < 1.29 is 4.21 Å². The van der Waals surface area contributed by atoms with Crippen molar-refractivity contribution >= 4 is 11.0 Å². The van der Waals surface area contributed by atoms with Gasteiger partial charge in [0.15, 0.2) is 0 Å². The molecule has 0 bridgehead atoms. The summed E-state index contributed by atoms with van der Waals surface area (Å²) in [5, 5.41) is 5.53. The number of hydrogen-bond donors (Lipinski definition) is 1. The molecule has 1 aromatic heterocycles. The summed E-state index contributed by atoms with van der Waals surface area (Å²) in [6, 6.07) is 0. The molecule has 0 aromatic carbocycles. The Morgan fingerprint density at radius 3 is 2.73 bits per heavy atom. The van der Waals surface area contributed by atoms with Crippen LogP contribution in [0.1, 0.15) is 45.2 Å². The number of likely N-dealkylation sites (tertiary alicyclic amines) is 1. The molecule has 6 heteroatoms. The molecule has 1 aliphatic rings. The lowest BCUT2D eigenvalue weighted by Crippen LogP contribution is -2.23. The van der Waals surface area contributed by atoms with E-state index in [9.17, 15) is 4.21 Å². The smallest absolute Gasteiger partial charge is 0.0949 e. The molecule has 2 unspecified atom stereocenters. The molecular weight excluding hydrogens is 296 g/mol. The Balaban J connectivity index is 2.01. The first kappa shape index (κ1) is 17.6. The van der Waals surface area contributed by atoms with Crippen LogP contribution in [0.3, 0.4) is 0 Å². The van der Waals surface area contributed by atoms with Gasteiger partial charge in [0, 0.05) is 30.5 Å². The Morgan fingerprint density at radius 1 is 1.45 bits per heavy atom. The van der Waals surface area contributed by atoms with Crippen LogP contribution < -0.4 is 5.14 Å². The second-order valence-corrected chi connectivity index (χ2v) is 8.60. The van der Waals surface area contributed by atoms with Crippen molar-refractivity contribution in [1.29, 1.82) is 0 Å². The van der Waals surface area contributed by atoms with Gasteiger partial charge in [0.05, 0.1) is 23.0 Å². The van der Waals surface area contributed by atoms with Crippen LogP contribution in [0.25, 0.3) is 0 Å². The maximum atomic E-state index is 11.5. The third kappa shape index (κ3) is 4.64. The molecule has 2 heterocycles. The van der Waals surface area contributed by atoms with E-state index in [1.165, 1.54) is 19.5 Å². The van der Waals surface area contributed by atoms with Crippen LogP contribution in [-0.4, -0.2) is 44.0 Å². The second kappa shape index (κ2) is 7.70. The summed E-state index contributed by atoms with van der Waals surface area (Å²) in [6.45, 7) is 9.76. The maximum absolute atomic E-state index is 11.5. The van der Waals surface area contributed by atoms with Gasteiger partial charge in [-0.2, -0.15) is 0 Å². The molecule has 4 atom stereocenters. The summed E-state index contributed by atoms with van der Waals surface area (Å²) in [7, 11) is 0.921. The van der Waals surface area contributed by atoms with E-state index in [0.717, 1.165) is 24.6 Å². The summed E-state index contributed by atoms with van der Waals surface area (Å²) >= 11 is 0. The first-order valence-electron chi connectivity index (χ1n) is 8.22. The van der Waals surface area contributed by atoms with Crippen LogP contribution in [0, 0.1) is 11.8 Å². The van der Waals surface area contributed by atoms with Gasteiger partial charge in [-0.05, 0) is 45.2 Å². The average Bonchev–Trinajstić information content (AvgIpc) is 3.05. The Bertz CT molecular complexity index is 502. The number of nitrogens with zero attached hydrogens (tertiary/aromatic N) is 3. The van der Waals surface area contributed by atoms with E-state index in [4.69, 9.17) is 5.14 Å². The van der Waals surface area contributed by atoms with Gasteiger partial charge in [-0.1, -0.05) is 13.8 Å². The van der Waals surface area contributed by atoms with Crippen molar-refractivity contribution in [3.05, 3.63) is 18.2 Å². The predicted molar refractivity (Wildman–Crippen MR) is 91.8 cm³/mol. The van der Waals surface area contributed by atoms with Gasteiger partial charge in [-0.3, -0.25) is 5.14 Å². The highest BCUT2D eigenvalue weighted by atomic mass is 32.2. The molecule has 1 saturated heterocycles. The molecule has 0 amide bonds. The van der Waals surface area contributed by atoms with Gasteiger partial charge in [-0.15, -0.1) is 0 Å². The quantitative estimate of drug-likeness (QED) is 0.833. The van der Waals surface area contributed by atoms with Gasteiger partial charge in [0.2, 0.25) is 0 Å². The molecule has 1 fully saturated rings. The van der Waals surface area contributed by atoms with Crippen molar-refractivity contribution in [2.75, 3.05) is 20.1 Å². The molecule has 5 nitrogen and oxygen atoms in total. The van der Waals surface area contributed by atoms with E-state index in [2.05, 4.69) is 41.5 Å². The third-order valence-corrected chi connectivity index (χ3v) is 5.76. The van der Waals surface area contributed by atoms with E-state index >= 15 is 0 Å². The molecule has 1 aromatic rings. The van der Waals surface area contributed by atoms with Gasteiger partial charge in [-0.25, -0.2) is 9.19 Å². The van der Waals surface area contributed by atoms with Crippen molar-refractivity contribution in [1.82, 2.24) is 14.5 Å². The third-order valence-electron chi connectivity index (χ3n) is 4.78. The van der Waals surface area contributed by atoms with E-state index in [-0.39, 0.29) is 5.25 Å². The molecule has 22 heavy (non-hydrogen) atoms. The summed E-state index contributed by atoms with van der Waals surface area (Å²) in [4.78, 5) is 7.01. The average molecular weight is 327 g/mol. The molecular formula is C16H30N4OS. The van der Waals surface area contributed by atoms with E-state index in [1.807, 2.05) is 13.3 Å². The number of imidazole rings is 1. The Hall–Kier alpha value is -0.720. The lowest BCUT2D eigenvalue weighted by molar-refractivity contribution is 0.377. The second-order valence-electron chi connectivity index (χ2n) is 7.14. The topological polar surface area (TPSA) is 64.2 Å². The van der Waals surface area contributed by atoms with Gasteiger partial charge in [0.25, 0.3) is 0 Å². The van der Waals surface area contributed by atoms with Gasteiger partial charge >= 0.3 is 0 Å². The molecule has 2 rings (SSSR count). The minimum absolute atomic E-state index is 0.000955. The normalized spacial score (nSPS) is 23.8. The molecule has 2 N–H and O–H groups in total. The minimum Gasteiger partial charge on any atom is -0.337 e. The van der Waals surface area contributed by atoms with Gasteiger partial charge in [0.1, 0.15) is 0 Å². The Kier molecular flexibility index (Phi) is 6.17. The van der Waals surface area contributed by atoms with E-state index in [1.54, 1.807) is 0 Å². The molecule has 0 radical (unpaired) electrons. The first-order chi connectivity index (χ1) is 10.4. The summed E-state index contributed by atoms with van der Waals surface area (Å²) < 4.78 is 13.7. The van der Waals surface area contributed by atoms with Crippen LogP contribution in [0.15, 0.2) is 12.5 Å². The molecule has 0 aliphatic carbocycles. The van der Waals surface area contributed by atoms with Crippen molar-refractivity contribution in [3.63, 3.8) is 0 Å². The molecule has 126 valence electrons. The monoisotopic (exact) mass is 326 g/mol. The fourth-order valence-corrected chi connectivity index (χ4v) is 3.73. The Morgan fingerprint density at radius 2 is 2.18 bits per heavy atom. The zero-order valence-corrected chi connectivity index (χ0v) is 15.1. The fraction of sp³-hybridized carbons (Fsp3) is 0.812. The summed E-state index contributed by atoms with van der Waals surface area (Å²) in [5.74, 6) is 1.50. The van der Waals surface area contributed by atoms with Crippen LogP contribution in [0.4, 0.5) is 0 Å². The fourth-order valence-electron chi connectivity index (χ4n) is 3.33. The standard InChI is InChI=1S/C16H30N4OS/c1-12(2)15(7-13(3)22(17)21)16-10-20(11-18-16)9-14-5-6-19(4)8-14/h10-15H,5-9,17H2,1-4H3/t13?,14-,15+,22?/m0/s1. The zero-order chi connectivity index (χ0) is 16.3. The SMILES string of the molecule is CC(C)[C@@H](CC(C)S(N)=O)c1cn(C[C@H]2CCN(C)C2)cn1. The van der Waals surface area contributed by atoms with Crippen molar-refractivity contribution in [2.24, 2.45) is 17.0 Å². The first-order valence-corrected chi connectivity index (χ1v) is 9.49. The van der Waals surface area contributed by atoms with Crippen LogP contribution >= 0.6 is 0 Å².